The van der Waals surface area contributed by atoms with Gasteiger partial charge in [0, 0.05) is 31.5 Å². The molecule has 0 spiro atoms. The SMILES string of the molecule is CCC(C)N(CCOC)c1ccc(N)c(OC(C)C)c1. The van der Waals surface area contributed by atoms with Crippen molar-refractivity contribution in [2.24, 2.45) is 0 Å². The smallest absolute Gasteiger partial charge is 0.144 e. The number of nitrogen functional groups attached to an aromatic ring is 1. The maximum atomic E-state index is 5.98. The molecule has 1 unspecified atom stereocenters. The van der Waals surface area contributed by atoms with Crippen LogP contribution in [0.1, 0.15) is 34.1 Å². The quantitative estimate of drug-likeness (QED) is 0.742. The summed E-state index contributed by atoms with van der Waals surface area (Å²) in [5, 5.41) is 0. The Labute approximate surface area is 122 Å². The summed E-state index contributed by atoms with van der Waals surface area (Å²) in [6.45, 7) is 9.97. The van der Waals surface area contributed by atoms with Crippen LogP contribution < -0.4 is 15.4 Å². The van der Waals surface area contributed by atoms with E-state index in [2.05, 4.69) is 18.7 Å². The third-order valence-electron chi connectivity index (χ3n) is 3.35. The minimum absolute atomic E-state index is 0.114. The first-order chi connectivity index (χ1) is 9.49. The number of hydrogen-bond acceptors (Lipinski definition) is 4. The lowest BCUT2D eigenvalue weighted by Gasteiger charge is -2.31. The first kappa shape index (κ1) is 16.6. The average molecular weight is 280 g/mol. The summed E-state index contributed by atoms with van der Waals surface area (Å²) in [6, 6.07) is 6.43. The number of nitrogens with two attached hydrogens (primary N) is 1. The van der Waals surface area contributed by atoms with Gasteiger partial charge >= 0.3 is 0 Å². The van der Waals surface area contributed by atoms with Crippen molar-refractivity contribution >= 4 is 11.4 Å². The molecule has 20 heavy (non-hydrogen) atoms. The molecule has 1 aromatic carbocycles. The molecule has 114 valence electrons. The fourth-order valence-corrected chi connectivity index (χ4v) is 2.07. The van der Waals surface area contributed by atoms with E-state index in [0.29, 0.717) is 18.3 Å². The van der Waals surface area contributed by atoms with Crippen LogP contribution in [0.4, 0.5) is 11.4 Å². The Hall–Kier alpha value is -1.42. The molecular formula is C16H28N2O2. The molecule has 0 saturated carbocycles. The minimum atomic E-state index is 0.114. The fraction of sp³-hybridized carbons (Fsp3) is 0.625. The summed E-state index contributed by atoms with van der Waals surface area (Å²) >= 11 is 0. The molecule has 0 saturated heterocycles. The van der Waals surface area contributed by atoms with Crippen LogP contribution in [-0.2, 0) is 4.74 Å². The highest BCUT2D eigenvalue weighted by Gasteiger charge is 2.15. The number of hydrogen-bond donors (Lipinski definition) is 1. The van der Waals surface area contributed by atoms with Gasteiger partial charge in [-0.2, -0.15) is 0 Å². The lowest BCUT2D eigenvalue weighted by atomic mass is 10.1. The standard InChI is InChI=1S/C16H28N2O2/c1-6-13(4)18(9-10-19-5)14-7-8-15(17)16(11-14)20-12(2)3/h7-8,11-13H,6,9-10,17H2,1-5H3. The van der Waals surface area contributed by atoms with Crippen LogP contribution in [0, 0.1) is 0 Å². The summed E-state index contributed by atoms with van der Waals surface area (Å²) in [6.07, 6.45) is 1.19. The molecule has 2 N–H and O–H groups in total. The average Bonchev–Trinajstić information content (AvgIpc) is 2.41. The van der Waals surface area contributed by atoms with E-state index in [0.717, 1.165) is 24.4 Å². The van der Waals surface area contributed by atoms with Crippen molar-refractivity contribution in [2.45, 2.75) is 46.3 Å². The van der Waals surface area contributed by atoms with Crippen LogP contribution in [0.15, 0.2) is 18.2 Å². The molecule has 0 fully saturated rings. The highest BCUT2D eigenvalue weighted by molar-refractivity contribution is 5.62. The summed E-state index contributed by atoms with van der Waals surface area (Å²) < 4.78 is 11.0. The number of rotatable bonds is 8. The Morgan fingerprint density at radius 1 is 1.25 bits per heavy atom. The number of anilines is 2. The zero-order valence-corrected chi connectivity index (χ0v) is 13.3. The zero-order valence-electron chi connectivity index (χ0n) is 13.3. The van der Waals surface area contributed by atoms with Gasteiger partial charge in [-0.1, -0.05) is 6.92 Å². The fourth-order valence-electron chi connectivity index (χ4n) is 2.07. The van der Waals surface area contributed by atoms with Gasteiger partial charge < -0.3 is 20.1 Å². The van der Waals surface area contributed by atoms with Gasteiger partial charge in [0.2, 0.25) is 0 Å². The molecule has 1 aromatic rings. The van der Waals surface area contributed by atoms with Gasteiger partial charge in [-0.3, -0.25) is 0 Å². The van der Waals surface area contributed by atoms with E-state index in [1.54, 1.807) is 7.11 Å². The van der Waals surface area contributed by atoms with Crippen molar-refractivity contribution in [1.82, 2.24) is 0 Å². The van der Waals surface area contributed by atoms with Gasteiger partial charge in [-0.05, 0) is 39.3 Å². The Morgan fingerprint density at radius 2 is 1.95 bits per heavy atom. The van der Waals surface area contributed by atoms with Crippen molar-refractivity contribution in [2.75, 3.05) is 30.9 Å². The van der Waals surface area contributed by atoms with Crippen LogP contribution in [0.3, 0.4) is 0 Å². The Morgan fingerprint density at radius 3 is 2.50 bits per heavy atom. The van der Waals surface area contributed by atoms with Crippen LogP contribution in [0.25, 0.3) is 0 Å². The van der Waals surface area contributed by atoms with Gasteiger partial charge in [0.25, 0.3) is 0 Å². The molecule has 1 rings (SSSR count). The number of ether oxygens (including phenoxy) is 2. The molecule has 0 heterocycles. The first-order valence-electron chi connectivity index (χ1n) is 7.31. The van der Waals surface area contributed by atoms with E-state index in [1.807, 2.05) is 32.0 Å². The molecule has 4 nitrogen and oxygen atoms in total. The van der Waals surface area contributed by atoms with Gasteiger partial charge in [0.05, 0.1) is 18.4 Å². The van der Waals surface area contributed by atoms with Gasteiger partial charge in [0.1, 0.15) is 5.75 Å². The van der Waals surface area contributed by atoms with E-state index >= 15 is 0 Å². The van der Waals surface area contributed by atoms with Crippen molar-refractivity contribution in [1.29, 1.82) is 0 Å². The molecule has 0 aliphatic carbocycles. The molecule has 0 aliphatic heterocycles. The lowest BCUT2D eigenvalue weighted by Crippen LogP contribution is -2.35. The molecule has 1 atom stereocenters. The molecule has 0 aliphatic rings. The van der Waals surface area contributed by atoms with E-state index in [4.69, 9.17) is 15.2 Å². The Kier molecular flexibility index (Phi) is 6.65. The number of benzene rings is 1. The summed E-state index contributed by atoms with van der Waals surface area (Å²) in [7, 11) is 1.73. The normalized spacial score (nSPS) is 12.5. The van der Waals surface area contributed by atoms with E-state index in [1.165, 1.54) is 0 Å². The molecule has 0 amide bonds. The maximum absolute atomic E-state index is 5.98. The number of methoxy groups -OCH3 is 1. The second-order valence-corrected chi connectivity index (χ2v) is 5.33. The third kappa shape index (κ3) is 4.60. The lowest BCUT2D eigenvalue weighted by molar-refractivity contribution is 0.203. The second kappa shape index (κ2) is 8.00. The zero-order chi connectivity index (χ0) is 15.1. The number of nitrogens with zero attached hydrogens (tertiary/aromatic N) is 1. The highest BCUT2D eigenvalue weighted by Crippen LogP contribution is 2.29. The van der Waals surface area contributed by atoms with Crippen LogP contribution in [0.5, 0.6) is 5.75 Å². The van der Waals surface area contributed by atoms with Crippen molar-refractivity contribution in [3.05, 3.63) is 18.2 Å². The predicted octanol–water partition coefficient (Wildman–Crippen LogP) is 3.31. The van der Waals surface area contributed by atoms with Crippen LogP contribution in [0.2, 0.25) is 0 Å². The van der Waals surface area contributed by atoms with Gasteiger partial charge in [-0.15, -0.1) is 0 Å². The molecule has 4 heteroatoms. The summed E-state index contributed by atoms with van der Waals surface area (Å²) in [4.78, 5) is 2.33. The second-order valence-electron chi connectivity index (χ2n) is 5.33. The van der Waals surface area contributed by atoms with Gasteiger partial charge in [0.15, 0.2) is 0 Å². The molecular weight excluding hydrogens is 252 g/mol. The minimum Gasteiger partial charge on any atom is -0.489 e. The van der Waals surface area contributed by atoms with E-state index in [9.17, 15) is 0 Å². The van der Waals surface area contributed by atoms with Gasteiger partial charge in [-0.25, -0.2) is 0 Å². The van der Waals surface area contributed by atoms with Crippen molar-refractivity contribution in [3.8, 4) is 5.75 Å². The monoisotopic (exact) mass is 280 g/mol. The first-order valence-corrected chi connectivity index (χ1v) is 7.31. The Balaban J connectivity index is 3.00. The maximum Gasteiger partial charge on any atom is 0.144 e. The van der Waals surface area contributed by atoms with E-state index in [-0.39, 0.29) is 6.10 Å². The Bertz CT molecular complexity index is 407. The molecule has 0 bridgehead atoms. The predicted molar refractivity (Wildman–Crippen MR) is 85.6 cm³/mol. The van der Waals surface area contributed by atoms with Crippen LogP contribution >= 0.6 is 0 Å². The largest absolute Gasteiger partial charge is 0.489 e. The summed E-state index contributed by atoms with van der Waals surface area (Å²) in [5.41, 5.74) is 7.78. The molecule has 0 aromatic heterocycles. The van der Waals surface area contributed by atoms with E-state index < -0.39 is 0 Å². The van der Waals surface area contributed by atoms with Crippen molar-refractivity contribution < 1.29 is 9.47 Å². The third-order valence-corrected chi connectivity index (χ3v) is 3.35. The van der Waals surface area contributed by atoms with Crippen molar-refractivity contribution in [3.63, 3.8) is 0 Å². The highest BCUT2D eigenvalue weighted by atomic mass is 16.5. The van der Waals surface area contributed by atoms with Crippen LogP contribution in [-0.4, -0.2) is 32.4 Å². The topological polar surface area (TPSA) is 47.7 Å². The molecule has 0 radical (unpaired) electrons. The summed E-state index contributed by atoms with van der Waals surface area (Å²) in [5.74, 6) is 0.753.